The lowest BCUT2D eigenvalue weighted by molar-refractivity contribution is 0.672. The van der Waals surface area contributed by atoms with Gasteiger partial charge in [0, 0.05) is 29.6 Å². The molecule has 1 aromatic heterocycles. The Morgan fingerprint density at radius 3 is 2.89 bits per heavy atom. The molecule has 0 N–H and O–H groups in total. The van der Waals surface area contributed by atoms with Gasteiger partial charge in [-0.15, -0.1) is 10.2 Å². The van der Waals surface area contributed by atoms with Crippen LogP contribution in [0.25, 0.3) is 10.4 Å². The predicted octanol–water partition coefficient (Wildman–Crippen LogP) is 3.37. The van der Waals surface area contributed by atoms with Gasteiger partial charge in [0.1, 0.15) is 0 Å². The third-order valence-corrected chi connectivity index (χ3v) is 3.72. The standard InChI is InChI=1S/C10H12Cl2N6/c1-6-8(10(12)16-15-9(6)11)18-4-2-3-7(18)5-14-17-13/h7H,2-5H2,1H3. The van der Waals surface area contributed by atoms with Crippen molar-refractivity contribution in [2.75, 3.05) is 18.0 Å². The van der Waals surface area contributed by atoms with Crippen LogP contribution in [0.5, 0.6) is 0 Å². The quantitative estimate of drug-likeness (QED) is 0.485. The van der Waals surface area contributed by atoms with Crippen LogP contribution >= 0.6 is 23.2 Å². The second kappa shape index (κ2) is 5.61. The Morgan fingerprint density at radius 1 is 1.44 bits per heavy atom. The molecule has 2 rings (SSSR count). The van der Waals surface area contributed by atoms with Crippen molar-refractivity contribution in [2.45, 2.75) is 25.8 Å². The fourth-order valence-corrected chi connectivity index (χ4v) is 2.66. The number of halogens is 2. The third kappa shape index (κ3) is 2.46. The van der Waals surface area contributed by atoms with Crippen molar-refractivity contribution in [1.29, 1.82) is 0 Å². The number of azide groups is 1. The SMILES string of the molecule is Cc1c(Cl)nnc(Cl)c1N1CCCC1CN=[N+]=[N-]. The smallest absolute Gasteiger partial charge is 0.175 e. The van der Waals surface area contributed by atoms with Gasteiger partial charge in [-0.3, -0.25) is 0 Å². The Kier molecular flexibility index (Phi) is 4.11. The van der Waals surface area contributed by atoms with Crippen molar-refractivity contribution in [2.24, 2.45) is 5.11 Å². The minimum Gasteiger partial charge on any atom is -0.366 e. The van der Waals surface area contributed by atoms with Gasteiger partial charge >= 0.3 is 0 Å². The molecule has 0 spiro atoms. The summed E-state index contributed by atoms with van der Waals surface area (Å²) in [6, 6.07) is 0.150. The number of anilines is 1. The molecule has 1 fully saturated rings. The van der Waals surface area contributed by atoms with E-state index in [1.54, 1.807) is 0 Å². The molecule has 96 valence electrons. The van der Waals surface area contributed by atoms with Gasteiger partial charge in [0.15, 0.2) is 10.3 Å². The zero-order valence-electron chi connectivity index (χ0n) is 9.84. The molecule has 0 aliphatic carbocycles. The third-order valence-electron chi connectivity index (χ3n) is 3.11. The van der Waals surface area contributed by atoms with Crippen LogP contribution in [-0.4, -0.2) is 29.3 Å². The summed E-state index contributed by atoms with van der Waals surface area (Å²) in [6.07, 6.45) is 2.00. The molecule has 8 heteroatoms. The first-order valence-corrected chi connectivity index (χ1v) is 6.36. The van der Waals surface area contributed by atoms with E-state index in [0.29, 0.717) is 16.9 Å². The Bertz CT molecular complexity index is 499. The first-order valence-electron chi connectivity index (χ1n) is 5.61. The maximum atomic E-state index is 8.41. The summed E-state index contributed by atoms with van der Waals surface area (Å²) >= 11 is 12.1. The normalized spacial score (nSPS) is 18.8. The van der Waals surface area contributed by atoms with Crippen LogP contribution in [0.2, 0.25) is 10.3 Å². The number of rotatable bonds is 3. The Labute approximate surface area is 115 Å². The van der Waals surface area contributed by atoms with E-state index in [1.807, 2.05) is 6.92 Å². The van der Waals surface area contributed by atoms with Gasteiger partial charge in [0.25, 0.3) is 0 Å². The monoisotopic (exact) mass is 286 g/mol. The van der Waals surface area contributed by atoms with Gasteiger partial charge < -0.3 is 4.90 Å². The van der Waals surface area contributed by atoms with Gasteiger partial charge in [0.2, 0.25) is 0 Å². The molecule has 1 unspecified atom stereocenters. The Hall–Kier alpha value is -1.23. The van der Waals surface area contributed by atoms with Crippen molar-refractivity contribution in [3.8, 4) is 0 Å². The van der Waals surface area contributed by atoms with Crippen LogP contribution in [0.3, 0.4) is 0 Å². The summed E-state index contributed by atoms with van der Waals surface area (Å²) in [5.74, 6) is 0. The maximum Gasteiger partial charge on any atom is 0.175 e. The Balaban J connectivity index is 2.35. The molecule has 1 aliphatic heterocycles. The van der Waals surface area contributed by atoms with Crippen LogP contribution in [0.4, 0.5) is 5.69 Å². The zero-order chi connectivity index (χ0) is 13.1. The van der Waals surface area contributed by atoms with E-state index >= 15 is 0 Å². The molecule has 1 saturated heterocycles. The molecule has 1 aliphatic rings. The number of hydrogen-bond acceptors (Lipinski definition) is 4. The number of nitrogens with zero attached hydrogens (tertiary/aromatic N) is 6. The van der Waals surface area contributed by atoms with Gasteiger partial charge in [-0.1, -0.05) is 28.3 Å². The number of hydrogen-bond donors (Lipinski definition) is 0. The second-order valence-electron chi connectivity index (χ2n) is 4.16. The highest BCUT2D eigenvalue weighted by Crippen LogP contribution is 2.35. The van der Waals surface area contributed by atoms with Gasteiger partial charge in [0.05, 0.1) is 5.69 Å². The topological polar surface area (TPSA) is 77.8 Å². The Morgan fingerprint density at radius 2 is 2.17 bits per heavy atom. The highest BCUT2D eigenvalue weighted by atomic mass is 35.5. The minimum atomic E-state index is 0.150. The summed E-state index contributed by atoms with van der Waals surface area (Å²) in [4.78, 5) is 4.91. The molecule has 6 nitrogen and oxygen atoms in total. The molecule has 1 atom stereocenters. The molecule has 0 bridgehead atoms. The molecular formula is C10H12Cl2N6. The summed E-state index contributed by atoms with van der Waals surface area (Å²) in [6.45, 7) is 3.14. The fraction of sp³-hybridized carbons (Fsp3) is 0.600. The molecule has 0 amide bonds. The number of aromatic nitrogens is 2. The first kappa shape index (κ1) is 13.2. The largest absolute Gasteiger partial charge is 0.366 e. The average molecular weight is 287 g/mol. The second-order valence-corrected chi connectivity index (χ2v) is 4.87. The van der Waals surface area contributed by atoms with E-state index < -0.39 is 0 Å². The summed E-state index contributed by atoms with van der Waals surface area (Å²) in [5, 5.41) is 11.9. The van der Waals surface area contributed by atoms with Crippen LogP contribution < -0.4 is 4.90 Å². The first-order chi connectivity index (χ1) is 8.65. The van der Waals surface area contributed by atoms with E-state index in [9.17, 15) is 0 Å². The molecule has 2 heterocycles. The van der Waals surface area contributed by atoms with Crippen molar-refractivity contribution >= 4 is 28.9 Å². The van der Waals surface area contributed by atoms with Gasteiger partial charge in [-0.05, 0) is 25.3 Å². The van der Waals surface area contributed by atoms with E-state index in [-0.39, 0.29) is 6.04 Å². The molecule has 0 aromatic carbocycles. The van der Waals surface area contributed by atoms with Crippen LogP contribution in [-0.2, 0) is 0 Å². The zero-order valence-corrected chi connectivity index (χ0v) is 11.4. The van der Waals surface area contributed by atoms with Crippen molar-refractivity contribution in [3.63, 3.8) is 0 Å². The summed E-state index contributed by atoms with van der Waals surface area (Å²) in [7, 11) is 0. The van der Waals surface area contributed by atoms with E-state index in [4.69, 9.17) is 28.7 Å². The summed E-state index contributed by atoms with van der Waals surface area (Å²) < 4.78 is 0. The van der Waals surface area contributed by atoms with Gasteiger partial charge in [-0.2, -0.15) is 0 Å². The van der Waals surface area contributed by atoms with E-state index in [0.717, 1.165) is 30.6 Å². The lowest BCUT2D eigenvalue weighted by Crippen LogP contribution is -2.32. The molecule has 18 heavy (non-hydrogen) atoms. The van der Waals surface area contributed by atoms with Crippen molar-refractivity contribution < 1.29 is 0 Å². The predicted molar refractivity (Wildman–Crippen MR) is 71.2 cm³/mol. The van der Waals surface area contributed by atoms with Crippen LogP contribution in [0.15, 0.2) is 5.11 Å². The van der Waals surface area contributed by atoms with Gasteiger partial charge in [-0.25, -0.2) is 0 Å². The van der Waals surface area contributed by atoms with E-state index in [1.165, 1.54) is 0 Å². The highest BCUT2D eigenvalue weighted by Gasteiger charge is 2.28. The average Bonchev–Trinajstić information content (AvgIpc) is 2.80. The maximum absolute atomic E-state index is 8.41. The van der Waals surface area contributed by atoms with Crippen molar-refractivity contribution in [1.82, 2.24) is 10.2 Å². The molecule has 0 saturated carbocycles. The molecular weight excluding hydrogens is 275 g/mol. The molecule has 1 aromatic rings. The highest BCUT2D eigenvalue weighted by molar-refractivity contribution is 6.34. The lowest BCUT2D eigenvalue weighted by Gasteiger charge is -2.27. The minimum absolute atomic E-state index is 0.150. The lowest BCUT2D eigenvalue weighted by atomic mass is 10.2. The fourth-order valence-electron chi connectivity index (χ4n) is 2.25. The van der Waals surface area contributed by atoms with Crippen molar-refractivity contribution in [3.05, 3.63) is 26.3 Å². The van der Waals surface area contributed by atoms with Crippen LogP contribution in [0, 0.1) is 6.92 Å². The summed E-state index contributed by atoms with van der Waals surface area (Å²) in [5.41, 5.74) is 10.0. The van der Waals surface area contributed by atoms with E-state index in [2.05, 4.69) is 25.1 Å². The van der Waals surface area contributed by atoms with Crippen LogP contribution in [0.1, 0.15) is 18.4 Å². The molecule has 0 radical (unpaired) electrons.